The van der Waals surface area contributed by atoms with Gasteiger partial charge in [-0.1, -0.05) is 58.0 Å². The van der Waals surface area contributed by atoms with Crippen molar-refractivity contribution in [3.8, 4) is 5.82 Å². The lowest BCUT2D eigenvalue weighted by Crippen LogP contribution is -2.39. The molecule has 200 valence electrons. The molecule has 8 heteroatoms. The number of hydrogen-bond donors (Lipinski definition) is 0. The second-order valence-electron chi connectivity index (χ2n) is 10.7. The highest BCUT2D eigenvalue weighted by Crippen LogP contribution is 2.25. The van der Waals surface area contributed by atoms with Crippen LogP contribution >= 0.6 is 0 Å². The van der Waals surface area contributed by atoms with Crippen molar-refractivity contribution in [2.45, 2.75) is 78.6 Å². The van der Waals surface area contributed by atoms with Crippen molar-refractivity contribution in [2.75, 3.05) is 13.1 Å². The standard InChI is InChI=1S/C30H39N7O/c1-5-25-24(12-15-29(38)35-18-16-23(17-19-35)20-22-10-8-7-9-11-22)26(6-2)36(33-25)28-14-13-27-31-32-30(21(3)4)37(27)34-28/h7-11,13-14,21,23H,5-6,12,15-20H2,1-4H3. The van der Waals surface area contributed by atoms with Gasteiger partial charge >= 0.3 is 0 Å². The fourth-order valence-corrected chi connectivity index (χ4v) is 5.65. The summed E-state index contributed by atoms with van der Waals surface area (Å²) in [5.74, 6) is 2.72. The lowest BCUT2D eigenvalue weighted by atomic mass is 9.90. The van der Waals surface area contributed by atoms with Gasteiger partial charge in [-0.15, -0.1) is 15.3 Å². The minimum Gasteiger partial charge on any atom is -0.343 e. The second kappa shape index (κ2) is 11.5. The molecule has 1 amide bonds. The molecule has 0 N–H and O–H groups in total. The van der Waals surface area contributed by atoms with Crippen molar-refractivity contribution in [2.24, 2.45) is 5.92 Å². The van der Waals surface area contributed by atoms with E-state index < -0.39 is 0 Å². The minimum absolute atomic E-state index is 0.215. The van der Waals surface area contributed by atoms with Gasteiger partial charge in [0.2, 0.25) is 5.91 Å². The first-order chi connectivity index (χ1) is 18.5. The molecule has 1 fully saturated rings. The number of hydrogen-bond acceptors (Lipinski definition) is 5. The van der Waals surface area contributed by atoms with E-state index >= 15 is 0 Å². The molecule has 4 heterocycles. The minimum atomic E-state index is 0.215. The summed E-state index contributed by atoms with van der Waals surface area (Å²) in [7, 11) is 0. The molecule has 0 spiro atoms. The van der Waals surface area contributed by atoms with Gasteiger partial charge in [0.05, 0.1) is 5.69 Å². The number of fused-ring (bicyclic) bond motifs is 1. The van der Waals surface area contributed by atoms with Gasteiger partial charge in [0, 0.05) is 31.1 Å². The third kappa shape index (κ3) is 5.35. The van der Waals surface area contributed by atoms with Gasteiger partial charge in [0.25, 0.3) is 0 Å². The van der Waals surface area contributed by atoms with Gasteiger partial charge in [-0.05, 0) is 67.7 Å². The number of rotatable bonds is 9. The van der Waals surface area contributed by atoms with Crippen LogP contribution in [0.4, 0.5) is 0 Å². The summed E-state index contributed by atoms with van der Waals surface area (Å²) >= 11 is 0. The molecule has 38 heavy (non-hydrogen) atoms. The number of benzene rings is 1. The fraction of sp³-hybridized carbons (Fsp3) is 0.500. The van der Waals surface area contributed by atoms with E-state index in [-0.39, 0.29) is 11.8 Å². The summed E-state index contributed by atoms with van der Waals surface area (Å²) in [5, 5.41) is 18.4. The lowest BCUT2D eigenvalue weighted by molar-refractivity contribution is -0.132. The van der Waals surface area contributed by atoms with Crippen molar-refractivity contribution in [3.05, 3.63) is 70.8 Å². The van der Waals surface area contributed by atoms with Crippen LogP contribution in [0.15, 0.2) is 42.5 Å². The molecule has 0 aliphatic carbocycles. The molecule has 8 nitrogen and oxygen atoms in total. The quantitative estimate of drug-likeness (QED) is 0.316. The zero-order valence-corrected chi connectivity index (χ0v) is 23.1. The van der Waals surface area contributed by atoms with Crippen LogP contribution in [-0.2, 0) is 30.5 Å². The predicted molar refractivity (Wildman–Crippen MR) is 149 cm³/mol. The maximum Gasteiger partial charge on any atom is 0.222 e. The maximum atomic E-state index is 13.2. The monoisotopic (exact) mass is 513 g/mol. The SMILES string of the molecule is CCc1nn(-c2ccc3nnc(C(C)C)n3n2)c(CC)c1CCC(=O)N1CCC(Cc2ccccc2)CC1. The van der Waals surface area contributed by atoms with Crippen molar-refractivity contribution >= 4 is 11.6 Å². The van der Waals surface area contributed by atoms with Gasteiger partial charge in [-0.3, -0.25) is 4.79 Å². The highest BCUT2D eigenvalue weighted by molar-refractivity contribution is 5.76. The molecule has 0 bridgehead atoms. The fourth-order valence-electron chi connectivity index (χ4n) is 5.65. The van der Waals surface area contributed by atoms with E-state index in [0.29, 0.717) is 18.8 Å². The molecular weight excluding hydrogens is 474 g/mol. The zero-order chi connectivity index (χ0) is 26.6. The topological polar surface area (TPSA) is 81.2 Å². The summed E-state index contributed by atoms with van der Waals surface area (Å²) in [5.41, 5.74) is 5.49. The summed E-state index contributed by atoms with van der Waals surface area (Å²) in [6.07, 6.45) is 6.13. The van der Waals surface area contributed by atoms with Gasteiger partial charge in [-0.2, -0.15) is 9.61 Å². The zero-order valence-electron chi connectivity index (χ0n) is 23.1. The molecule has 1 saturated heterocycles. The molecule has 0 radical (unpaired) electrons. The number of likely N-dealkylation sites (tertiary alicyclic amines) is 1. The van der Waals surface area contributed by atoms with Crippen LogP contribution in [0, 0.1) is 5.92 Å². The Morgan fingerprint density at radius 2 is 1.74 bits per heavy atom. The van der Waals surface area contributed by atoms with Crippen LogP contribution < -0.4 is 0 Å². The van der Waals surface area contributed by atoms with E-state index in [4.69, 9.17) is 10.2 Å². The van der Waals surface area contributed by atoms with E-state index in [2.05, 4.69) is 73.1 Å². The smallest absolute Gasteiger partial charge is 0.222 e. The average Bonchev–Trinajstić information content (AvgIpc) is 3.53. The first-order valence-electron chi connectivity index (χ1n) is 14.1. The largest absolute Gasteiger partial charge is 0.343 e. The Bertz CT molecular complexity index is 1380. The Morgan fingerprint density at radius 3 is 2.42 bits per heavy atom. The molecule has 0 saturated carbocycles. The Labute approximate surface area is 225 Å². The van der Waals surface area contributed by atoms with Crippen LogP contribution in [0.1, 0.15) is 81.2 Å². The summed E-state index contributed by atoms with van der Waals surface area (Å²) in [6.45, 7) is 10.2. The van der Waals surface area contributed by atoms with Crippen molar-refractivity contribution in [1.82, 2.24) is 34.5 Å². The van der Waals surface area contributed by atoms with E-state index in [1.807, 2.05) is 21.3 Å². The number of aromatic nitrogens is 6. The van der Waals surface area contributed by atoms with Crippen LogP contribution in [-0.4, -0.2) is 53.5 Å². The van der Waals surface area contributed by atoms with Gasteiger partial charge < -0.3 is 4.90 Å². The van der Waals surface area contributed by atoms with Crippen LogP contribution in [0.5, 0.6) is 0 Å². The van der Waals surface area contributed by atoms with E-state index in [1.54, 1.807) is 0 Å². The van der Waals surface area contributed by atoms with Crippen molar-refractivity contribution in [3.63, 3.8) is 0 Å². The van der Waals surface area contributed by atoms with Crippen molar-refractivity contribution in [1.29, 1.82) is 0 Å². The predicted octanol–water partition coefficient (Wildman–Crippen LogP) is 4.97. The van der Waals surface area contributed by atoms with Crippen LogP contribution in [0.25, 0.3) is 11.5 Å². The molecule has 5 rings (SSSR count). The second-order valence-corrected chi connectivity index (χ2v) is 10.7. The van der Waals surface area contributed by atoms with Crippen molar-refractivity contribution < 1.29 is 4.79 Å². The van der Waals surface area contributed by atoms with Crippen LogP contribution in [0.2, 0.25) is 0 Å². The highest BCUT2D eigenvalue weighted by Gasteiger charge is 2.25. The number of carbonyl (C=O) groups is 1. The molecule has 4 aromatic rings. The molecule has 0 atom stereocenters. The lowest BCUT2D eigenvalue weighted by Gasteiger charge is -2.32. The molecular formula is C30H39N7O. The summed E-state index contributed by atoms with van der Waals surface area (Å²) < 4.78 is 3.77. The van der Waals surface area contributed by atoms with Gasteiger partial charge in [0.1, 0.15) is 0 Å². The van der Waals surface area contributed by atoms with E-state index in [0.717, 1.165) is 73.9 Å². The molecule has 1 aromatic carbocycles. The maximum absolute atomic E-state index is 13.2. The normalized spacial score (nSPS) is 14.6. The Kier molecular flexibility index (Phi) is 7.86. The number of aryl methyl sites for hydroxylation is 1. The van der Waals surface area contributed by atoms with E-state index in [9.17, 15) is 4.79 Å². The molecule has 1 aliphatic heterocycles. The molecule has 3 aromatic heterocycles. The molecule has 1 aliphatic rings. The third-order valence-corrected chi connectivity index (χ3v) is 7.77. The molecule has 0 unspecified atom stereocenters. The van der Waals surface area contributed by atoms with E-state index in [1.165, 1.54) is 11.1 Å². The summed E-state index contributed by atoms with van der Waals surface area (Å²) in [4.78, 5) is 15.3. The number of nitrogens with zero attached hydrogens (tertiary/aromatic N) is 7. The first-order valence-corrected chi connectivity index (χ1v) is 14.1. The Morgan fingerprint density at radius 1 is 0.974 bits per heavy atom. The summed E-state index contributed by atoms with van der Waals surface area (Å²) in [6, 6.07) is 14.6. The van der Waals surface area contributed by atoms with Crippen LogP contribution in [0.3, 0.4) is 0 Å². The number of carbonyl (C=O) groups excluding carboxylic acids is 1. The average molecular weight is 514 g/mol. The highest BCUT2D eigenvalue weighted by atomic mass is 16.2. The first kappa shape index (κ1) is 26.1. The van der Waals surface area contributed by atoms with Gasteiger partial charge in [0.15, 0.2) is 17.3 Å². The Hall–Kier alpha value is -3.55. The Balaban J connectivity index is 1.28. The number of amides is 1. The third-order valence-electron chi connectivity index (χ3n) is 7.77. The number of piperidine rings is 1. The van der Waals surface area contributed by atoms with Gasteiger partial charge in [-0.25, -0.2) is 4.68 Å².